The second kappa shape index (κ2) is 7.86. The summed E-state index contributed by atoms with van der Waals surface area (Å²) in [5.74, 6) is -1.03. The van der Waals surface area contributed by atoms with Gasteiger partial charge in [0, 0.05) is 11.1 Å². The highest BCUT2D eigenvalue weighted by molar-refractivity contribution is 6.32. The van der Waals surface area contributed by atoms with E-state index >= 15 is 0 Å². The van der Waals surface area contributed by atoms with Crippen molar-refractivity contribution in [3.63, 3.8) is 0 Å². The third-order valence-corrected chi connectivity index (χ3v) is 4.66. The van der Waals surface area contributed by atoms with Crippen molar-refractivity contribution in [3.8, 4) is 5.75 Å². The van der Waals surface area contributed by atoms with Crippen molar-refractivity contribution in [2.45, 2.75) is 26.7 Å². The number of halogens is 1. The van der Waals surface area contributed by atoms with E-state index < -0.39 is 11.4 Å². The number of hydrogen-bond donors (Lipinski definition) is 1. The second-order valence-corrected chi connectivity index (χ2v) is 6.87. The van der Waals surface area contributed by atoms with E-state index in [4.69, 9.17) is 25.9 Å². The summed E-state index contributed by atoms with van der Waals surface area (Å²) in [5, 5.41) is 9.46. The fourth-order valence-electron chi connectivity index (χ4n) is 2.80. The Morgan fingerprint density at radius 3 is 2.54 bits per heavy atom. The van der Waals surface area contributed by atoms with Gasteiger partial charge in [0.25, 0.3) is 0 Å². The van der Waals surface area contributed by atoms with Crippen LogP contribution < -0.4 is 10.2 Å². The van der Waals surface area contributed by atoms with E-state index in [1.165, 1.54) is 11.6 Å². The van der Waals surface area contributed by atoms with Gasteiger partial charge in [0.1, 0.15) is 11.3 Å². The molecule has 1 aromatic heterocycles. The highest BCUT2D eigenvalue weighted by Gasteiger charge is 2.16. The molecule has 4 rings (SSSR count). The number of aromatic carboxylic acids is 1. The SMILES string of the molecule is Cc1cc2oc(C(=O)O)cc(=O)c2cc1Cl.Cc1ccc2c(c1)CCC(=O)O2. The van der Waals surface area contributed by atoms with Gasteiger partial charge in [-0.05, 0) is 49.6 Å². The fourth-order valence-corrected chi connectivity index (χ4v) is 2.96. The lowest BCUT2D eigenvalue weighted by Gasteiger charge is -2.15. The number of fused-ring (bicyclic) bond motifs is 2. The van der Waals surface area contributed by atoms with Crippen molar-refractivity contribution in [1.29, 1.82) is 0 Å². The second-order valence-electron chi connectivity index (χ2n) is 6.46. The van der Waals surface area contributed by atoms with Gasteiger partial charge in [-0.3, -0.25) is 9.59 Å². The Hall–Kier alpha value is -3.12. The molecule has 1 N–H and O–H groups in total. The Morgan fingerprint density at radius 2 is 1.82 bits per heavy atom. The zero-order valence-corrected chi connectivity index (χ0v) is 16.0. The molecule has 0 amide bonds. The van der Waals surface area contributed by atoms with Crippen LogP contribution in [0, 0.1) is 13.8 Å². The van der Waals surface area contributed by atoms with E-state index in [0.29, 0.717) is 11.4 Å². The standard InChI is InChI=1S/C11H7ClO4.C10H10O2/c1-5-2-9-6(3-7(5)12)8(13)4-10(16-9)11(14)15;1-7-2-4-9-8(6-7)3-5-10(11)12-9/h2-4H,1H3,(H,14,15);2,4,6H,3,5H2,1H3. The quantitative estimate of drug-likeness (QED) is 0.483. The topological polar surface area (TPSA) is 93.8 Å². The highest BCUT2D eigenvalue weighted by Crippen LogP contribution is 2.25. The molecule has 2 heterocycles. The number of rotatable bonds is 1. The fraction of sp³-hybridized carbons (Fsp3) is 0.190. The van der Waals surface area contributed by atoms with Crippen LogP contribution in [0.25, 0.3) is 11.0 Å². The Labute approximate surface area is 165 Å². The zero-order valence-electron chi connectivity index (χ0n) is 15.2. The number of esters is 1. The lowest BCUT2D eigenvalue weighted by Crippen LogP contribution is -2.15. The summed E-state index contributed by atoms with van der Waals surface area (Å²) in [6, 6.07) is 9.85. The van der Waals surface area contributed by atoms with E-state index in [9.17, 15) is 14.4 Å². The van der Waals surface area contributed by atoms with Gasteiger partial charge in [-0.1, -0.05) is 29.3 Å². The van der Waals surface area contributed by atoms with Crippen LogP contribution >= 0.6 is 11.6 Å². The van der Waals surface area contributed by atoms with Gasteiger partial charge < -0.3 is 14.3 Å². The van der Waals surface area contributed by atoms with Crippen molar-refractivity contribution < 1.29 is 23.8 Å². The van der Waals surface area contributed by atoms with Gasteiger partial charge >= 0.3 is 11.9 Å². The van der Waals surface area contributed by atoms with Crippen LogP contribution in [0.1, 0.15) is 33.7 Å². The molecule has 7 heteroatoms. The maximum Gasteiger partial charge on any atom is 0.371 e. The zero-order chi connectivity index (χ0) is 20.4. The maximum absolute atomic E-state index is 11.6. The van der Waals surface area contributed by atoms with Crippen molar-refractivity contribution in [2.75, 3.05) is 0 Å². The normalized spacial score (nSPS) is 12.6. The van der Waals surface area contributed by atoms with Gasteiger partial charge in [0.05, 0.1) is 11.8 Å². The molecule has 0 saturated heterocycles. The molecular weight excluding hydrogens is 384 g/mol. The minimum absolute atomic E-state index is 0.119. The van der Waals surface area contributed by atoms with Crippen LogP contribution in [0.15, 0.2) is 45.6 Å². The van der Waals surface area contributed by atoms with Crippen LogP contribution in [-0.4, -0.2) is 17.0 Å². The first-order valence-corrected chi connectivity index (χ1v) is 8.90. The predicted octanol–water partition coefficient (Wildman–Crippen LogP) is 4.30. The summed E-state index contributed by atoms with van der Waals surface area (Å²) in [7, 11) is 0. The summed E-state index contributed by atoms with van der Waals surface area (Å²) in [4.78, 5) is 33.2. The molecule has 3 aromatic rings. The van der Waals surface area contributed by atoms with Crippen molar-refractivity contribution in [3.05, 3.63) is 74.1 Å². The van der Waals surface area contributed by atoms with Crippen LogP contribution in [0.4, 0.5) is 0 Å². The van der Waals surface area contributed by atoms with Gasteiger partial charge in [-0.2, -0.15) is 0 Å². The molecule has 0 unspecified atom stereocenters. The highest BCUT2D eigenvalue weighted by atomic mass is 35.5. The molecule has 0 saturated carbocycles. The van der Waals surface area contributed by atoms with Crippen LogP contribution in [0.2, 0.25) is 5.02 Å². The largest absolute Gasteiger partial charge is 0.475 e. The van der Waals surface area contributed by atoms with Gasteiger partial charge in [-0.15, -0.1) is 0 Å². The number of carbonyl (C=O) groups excluding carboxylic acids is 1. The van der Waals surface area contributed by atoms with Gasteiger partial charge in [0.2, 0.25) is 5.76 Å². The molecule has 6 nitrogen and oxygen atoms in total. The number of hydrogen-bond acceptors (Lipinski definition) is 5. The molecule has 0 bridgehead atoms. The number of benzene rings is 2. The van der Waals surface area contributed by atoms with Crippen molar-refractivity contribution in [1.82, 2.24) is 0 Å². The molecule has 0 fully saturated rings. The average molecular weight is 401 g/mol. The minimum Gasteiger partial charge on any atom is -0.475 e. The predicted molar refractivity (Wildman–Crippen MR) is 104 cm³/mol. The van der Waals surface area contributed by atoms with Gasteiger partial charge in [0.15, 0.2) is 5.43 Å². The van der Waals surface area contributed by atoms with E-state index in [0.717, 1.165) is 29.4 Å². The number of aryl methyl sites for hydroxylation is 3. The number of carboxylic acids is 1. The van der Waals surface area contributed by atoms with Crippen LogP contribution in [-0.2, 0) is 11.2 Å². The Morgan fingerprint density at radius 1 is 1.07 bits per heavy atom. The molecule has 1 aliphatic rings. The Kier molecular flexibility index (Phi) is 5.51. The molecule has 0 atom stereocenters. The molecule has 2 aromatic carbocycles. The van der Waals surface area contributed by atoms with E-state index in [1.54, 1.807) is 13.0 Å². The van der Waals surface area contributed by atoms with Crippen molar-refractivity contribution >= 4 is 34.5 Å². The summed E-state index contributed by atoms with van der Waals surface area (Å²) >= 11 is 5.87. The van der Waals surface area contributed by atoms with Crippen LogP contribution in [0.5, 0.6) is 5.75 Å². The van der Waals surface area contributed by atoms with Crippen molar-refractivity contribution in [2.24, 2.45) is 0 Å². The molecule has 1 aliphatic heterocycles. The molecule has 0 spiro atoms. The van der Waals surface area contributed by atoms with E-state index in [2.05, 4.69) is 6.07 Å². The molecule has 28 heavy (non-hydrogen) atoms. The van der Waals surface area contributed by atoms with E-state index in [1.807, 2.05) is 19.1 Å². The number of carboxylic acid groups (broad SMARTS) is 1. The third kappa shape index (κ3) is 4.23. The molecule has 0 radical (unpaired) electrons. The van der Waals surface area contributed by atoms with E-state index in [-0.39, 0.29) is 22.7 Å². The maximum atomic E-state index is 11.6. The lowest BCUT2D eigenvalue weighted by atomic mass is 10.0. The summed E-state index contributed by atoms with van der Waals surface area (Å²) in [5.41, 5.74) is 2.90. The molecule has 0 aliphatic carbocycles. The first-order chi connectivity index (χ1) is 13.2. The average Bonchev–Trinajstić information content (AvgIpc) is 2.64. The third-order valence-electron chi connectivity index (χ3n) is 4.26. The lowest BCUT2D eigenvalue weighted by molar-refractivity contribution is -0.135. The molecule has 144 valence electrons. The van der Waals surface area contributed by atoms with Gasteiger partial charge in [-0.25, -0.2) is 4.79 Å². The summed E-state index contributed by atoms with van der Waals surface area (Å²) in [6.45, 7) is 3.78. The first-order valence-electron chi connectivity index (χ1n) is 8.52. The summed E-state index contributed by atoms with van der Waals surface area (Å²) < 4.78 is 10.1. The smallest absolute Gasteiger partial charge is 0.371 e. The number of ether oxygens (including phenoxy) is 1. The molecular formula is C21H17ClO6. The summed E-state index contributed by atoms with van der Waals surface area (Å²) in [6.07, 6.45) is 1.33. The number of carbonyl (C=O) groups is 2. The Balaban J connectivity index is 0.000000167. The first kappa shape index (κ1) is 19.6. The van der Waals surface area contributed by atoms with Crippen LogP contribution in [0.3, 0.4) is 0 Å². The monoisotopic (exact) mass is 400 g/mol. The Bertz CT molecular complexity index is 1150. The minimum atomic E-state index is -1.27.